The van der Waals surface area contributed by atoms with E-state index in [4.69, 9.17) is 10.5 Å². The van der Waals surface area contributed by atoms with E-state index in [0.29, 0.717) is 11.0 Å². The van der Waals surface area contributed by atoms with Gasteiger partial charge in [-0.2, -0.15) is 0 Å². The molecule has 0 saturated heterocycles. The predicted octanol–water partition coefficient (Wildman–Crippen LogP) is 2.20. The van der Waals surface area contributed by atoms with Gasteiger partial charge in [-0.3, -0.25) is 9.79 Å². The van der Waals surface area contributed by atoms with E-state index in [-0.39, 0.29) is 23.8 Å². The molecule has 3 heterocycles. The van der Waals surface area contributed by atoms with Crippen LogP contribution in [0.25, 0.3) is 11.0 Å². The number of carbonyl (C=O) groups excluding carboxylic acids is 1. The molecule has 0 spiro atoms. The zero-order chi connectivity index (χ0) is 20.6. The minimum absolute atomic E-state index is 0.107. The van der Waals surface area contributed by atoms with E-state index >= 15 is 0 Å². The molecule has 11 heteroatoms. The van der Waals surface area contributed by atoms with Crippen LogP contribution in [-0.4, -0.2) is 46.3 Å². The number of benzene rings is 1. The number of anilines is 1. The van der Waals surface area contributed by atoms with Crippen molar-refractivity contribution in [2.45, 2.75) is 12.0 Å². The molecule has 1 aliphatic heterocycles. The number of carbonyl (C=O) groups is 1. The van der Waals surface area contributed by atoms with Crippen LogP contribution in [0.15, 0.2) is 41.8 Å². The number of halogens is 3. The Labute approximate surface area is 162 Å². The molecule has 1 amide bonds. The van der Waals surface area contributed by atoms with Gasteiger partial charge in [-0.1, -0.05) is 0 Å². The van der Waals surface area contributed by atoms with Gasteiger partial charge in [0.05, 0.1) is 6.61 Å². The molecule has 0 saturated carbocycles. The lowest BCUT2D eigenvalue weighted by Gasteiger charge is -2.33. The number of amides is 1. The zero-order valence-corrected chi connectivity index (χ0v) is 14.8. The number of ether oxygens (including phenoxy) is 1. The molecule has 4 rings (SSSR count). The van der Waals surface area contributed by atoms with Crippen LogP contribution in [-0.2, 0) is 10.3 Å². The van der Waals surface area contributed by atoms with Crippen molar-refractivity contribution >= 4 is 28.5 Å². The first kappa shape index (κ1) is 18.9. The van der Waals surface area contributed by atoms with Gasteiger partial charge in [0.2, 0.25) is 0 Å². The second-order valence-electron chi connectivity index (χ2n) is 6.48. The molecule has 29 heavy (non-hydrogen) atoms. The van der Waals surface area contributed by atoms with Gasteiger partial charge in [-0.05, 0) is 24.3 Å². The summed E-state index contributed by atoms with van der Waals surface area (Å²) in [4.78, 5) is 27.0. The third kappa shape index (κ3) is 3.40. The summed E-state index contributed by atoms with van der Waals surface area (Å²) in [5.41, 5.74) is 3.59. The van der Waals surface area contributed by atoms with E-state index in [1.807, 2.05) is 0 Å². The normalized spacial score (nSPS) is 19.4. The topological polar surface area (TPSA) is 118 Å². The van der Waals surface area contributed by atoms with Gasteiger partial charge < -0.3 is 20.8 Å². The maximum absolute atomic E-state index is 14.5. The summed E-state index contributed by atoms with van der Waals surface area (Å²) in [6.45, 7) is -0.657. The van der Waals surface area contributed by atoms with Gasteiger partial charge in [0.15, 0.2) is 5.54 Å². The van der Waals surface area contributed by atoms with E-state index in [2.05, 4.69) is 25.3 Å². The first-order valence-electron chi connectivity index (χ1n) is 8.49. The standard InChI is InChI=1S/C18H15F3N6O2/c19-12-2-1-10(4-11(12)18(17(20)21)7-29-6-14(22)27-18)25-16(28)13-3-9-5-23-8-24-15(9)26-13/h1-5,8,17H,6-7H2,(H2,22,27)(H,25,28)(H,23,24,26)/t18-/m0/s1. The number of nitrogens with one attached hydrogen (secondary N) is 2. The minimum atomic E-state index is -3.07. The Morgan fingerprint density at radius 3 is 2.90 bits per heavy atom. The summed E-state index contributed by atoms with van der Waals surface area (Å²) in [6, 6.07) is 4.88. The number of nitrogens with two attached hydrogens (primary N) is 1. The zero-order valence-electron chi connectivity index (χ0n) is 14.8. The summed E-state index contributed by atoms with van der Waals surface area (Å²) in [5.74, 6) is -1.63. The van der Waals surface area contributed by atoms with Gasteiger partial charge in [-0.25, -0.2) is 23.1 Å². The maximum Gasteiger partial charge on any atom is 0.272 e. The average molecular weight is 404 g/mol. The van der Waals surface area contributed by atoms with Crippen LogP contribution in [0.5, 0.6) is 0 Å². The number of alkyl halides is 2. The number of amidine groups is 1. The van der Waals surface area contributed by atoms with Crippen LogP contribution >= 0.6 is 0 Å². The molecule has 1 aromatic carbocycles. The Morgan fingerprint density at radius 2 is 2.17 bits per heavy atom. The van der Waals surface area contributed by atoms with E-state index < -0.39 is 35.9 Å². The lowest BCUT2D eigenvalue weighted by molar-refractivity contribution is -0.0145. The number of fused-ring (bicyclic) bond motifs is 1. The van der Waals surface area contributed by atoms with Gasteiger partial charge in [-0.15, -0.1) is 0 Å². The van der Waals surface area contributed by atoms with Crippen molar-refractivity contribution in [2.24, 2.45) is 10.7 Å². The molecule has 0 fully saturated rings. The fourth-order valence-corrected chi connectivity index (χ4v) is 3.12. The Kier molecular flexibility index (Phi) is 4.66. The monoisotopic (exact) mass is 404 g/mol. The van der Waals surface area contributed by atoms with Crippen LogP contribution < -0.4 is 11.1 Å². The molecule has 1 atom stereocenters. The summed E-state index contributed by atoms with van der Waals surface area (Å²) in [6.07, 6.45) is -0.215. The summed E-state index contributed by atoms with van der Waals surface area (Å²) >= 11 is 0. The molecule has 0 radical (unpaired) electrons. The van der Waals surface area contributed by atoms with Crippen molar-refractivity contribution in [3.8, 4) is 0 Å². The number of aliphatic imine (C=N–C) groups is 1. The highest BCUT2D eigenvalue weighted by molar-refractivity contribution is 6.05. The molecule has 0 aliphatic carbocycles. The lowest BCUT2D eigenvalue weighted by Crippen LogP contribution is -2.45. The van der Waals surface area contributed by atoms with Crippen molar-refractivity contribution in [2.75, 3.05) is 18.5 Å². The van der Waals surface area contributed by atoms with Gasteiger partial charge in [0.1, 0.15) is 35.9 Å². The highest BCUT2D eigenvalue weighted by atomic mass is 19.3. The fraction of sp³-hybridized carbons (Fsp3) is 0.222. The Bertz CT molecular complexity index is 1080. The second kappa shape index (κ2) is 7.17. The van der Waals surface area contributed by atoms with Crippen molar-refractivity contribution in [3.05, 3.63) is 53.9 Å². The molecule has 0 bridgehead atoms. The lowest BCUT2D eigenvalue weighted by atomic mass is 9.90. The summed E-state index contributed by atoms with van der Waals surface area (Å²) in [7, 11) is 0. The maximum atomic E-state index is 14.5. The Morgan fingerprint density at radius 1 is 1.34 bits per heavy atom. The number of hydrogen-bond donors (Lipinski definition) is 3. The van der Waals surface area contributed by atoms with Crippen LogP contribution in [0.2, 0.25) is 0 Å². The molecule has 8 nitrogen and oxygen atoms in total. The molecule has 150 valence electrons. The van der Waals surface area contributed by atoms with Crippen molar-refractivity contribution in [3.63, 3.8) is 0 Å². The average Bonchev–Trinajstić information content (AvgIpc) is 3.13. The number of hydrogen-bond acceptors (Lipinski definition) is 6. The molecular formula is C18H15F3N6O2. The first-order valence-corrected chi connectivity index (χ1v) is 8.49. The van der Waals surface area contributed by atoms with Crippen molar-refractivity contribution in [1.29, 1.82) is 0 Å². The molecular weight excluding hydrogens is 389 g/mol. The molecule has 1 aliphatic rings. The van der Waals surface area contributed by atoms with Crippen LogP contribution in [0, 0.1) is 5.82 Å². The van der Waals surface area contributed by atoms with E-state index in [1.54, 1.807) is 0 Å². The highest BCUT2D eigenvalue weighted by Gasteiger charge is 2.46. The second-order valence-corrected chi connectivity index (χ2v) is 6.48. The van der Waals surface area contributed by atoms with E-state index in [9.17, 15) is 18.0 Å². The number of H-pyrrole nitrogens is 1. The first-order chi connectivity index (χ1) is 13.9. The number of rotatable bonds is 4. The van der Waals surface area contributed by atoms with Gasteiger partial charge >= 0.3 is 0 Å². The quantitative estimate of drug-likeness (QED) is 0.616. The predicted molar refractivity (Wildman–Crippen MR) is 98.4 cm³/mol. The Hall–Kier alpha value is -3.47. The van der Waals surface area contributed by atoms with Crippen LogP contribution in [0.4, 0.5) is 18.9 Å². The molecule has 2 aromatic heterocycles. The van der Waals surface area contributed by atoms with Crippen molar-refractivity contribution in [1.82, 2.24) is 15.0 Å². The van der Waals surface area contributed by atoms with Gasteiger partial charge in [0.25, 0.3) is 12.3 Å². The van der Waals surface area contributed by atoms with Crippen molar-refractivity contribution < 1.29 is 22.7 Å². The van der Waals surface area contributed by atoms with E-state index in [0.717, 1.165) is 12.1 Å². The molecule has 4 N–H and O–H groups in total. The Balaban J connectivity index is 1.67. The number of aromatic amines is 1. The smallest absolute Gasteiger partial charge is 0.272 e. The SMILES string of the molecule is NC1=N[C@@](c2cc(NC(=O)c3cc4cncnc4[nH]3)ccc2F)(C(F)F)COC1. The highest BCUT2D eigenvalue weighted by Crippen LogP contribution is 2.38. The fourth-order valence-electron chi connectivity index (χ4n) is 3.12. The third-order valence-electron chi connectivity index (χ3n) is 4.50. The van der Waals surface area contributed by atoms with Crippen LogP contribution in [0.1, 0.15) is 16.1 Å². The summed E-state index contributed by atoms with van der Waals surface area (Å²) < 4.78 is 47.3. The number of aromatic nitrogens is 3. The molecule has 0 unspecified atom stereocenters. The number of nitrogens with zero attached hydrogens (tertiary/aromatic N) is 3. The summed E-state index contributed by atoms with van der Waals surface area (Å²) in [5, 5.41) is 3.17. The largest absolute Gasteiger partial charge is 0.385 e. The third-order valence-corrected chi connectivity index (χ3v) is 4.50. The molecule has 3 aromatic rings. The van der Waals surface area contributed by atoms with Crippen LogP contribution in [0.3, 0.4) is 0 Å². The minimum Gasteiger partial charge on any atom is -0.385 e. The van der Waals surface area contributed by atoms with Gasteiger partial charge in [0, 0.05) is 22.8 Å². The van der Waals surface area contributed by atoms with E-state index in [1.165, 1.54) is 24.7 Å².